The Hall–Kier alpha value is -0.0800. The van der Waals surface area contributed by atoms with E-state index in [0.29, 0.717) is 0 Å². The van der Waals surface area contributed by atoms with Crippen LogP contribution in [0.2, 0.25) is 0 Å². The van der Waals surface area contributed by atoms with Gasteiger partial charge in [-0.3, -0.25) is 0 Å². The van der Waals surface area contributed by atoms with Gasteiger partial charge in [-0.15, -0.1) is 0 Å². The van der Waals surface area contributed by atoms with Gasteiger partial charge in [-0.25, -0.2) is 0 Å². The van der Waals surface area contributed by atoms with Gasteiger partial charge >= 0.3 is 0 Å². The van der Waals surface area contributed by atoms with Crippen LogP contribution in [0.4, 0.5) is 0 Å². The van der Waals surface area contributed by atoms with Crippen LogP contribution >= 0.6 is 0 Å². The lowest BCUT2D eigenvalue weighted by molar-refractivity contribution is 0.120. The zero-order valence-corrected chi connectivity index (χ0v) is 9.56. The fourth-order valence-electron chi connectivity index (χ4n) is 1.47. The first-order valence-electron chi connectivity index (χ1n) is 6.22. The maximum absolute atomic E-state index is 5.56. The van der Waals surface area contributed by atoms with Crippen molar-refractivity contribution in [2.75, 3.05) is 26.3 Å². The molecule has 1 N–H and O–H groups in total. The van der Waals surface area contributed by atoms with Crippen LogP contribution in [-0.2, 0) is 4.74 Å². The minimum atomic E-state index is 0.918. The highest BCUT2D eigenvalue weighted by molar-refractivity contribution is 4.71. The molecule has 1 fully saturated rings. The summed E-state index contributed by atoms with van der Waals surface area (Å²) in [5.41, 5.74) is 0. The van der Waals surface area contributed by atoms with Gasteiger partial charge in [0, 0.05) is 13.2 Å². The number of nitrogens with one attached hydrogen (secondary N) is 1. The molecule has 1 saturated carbocycles. The molecular weight excluding hydrogens is 174 g/mol. The summed E-state index contributed by atoms with van der Waals surface area (Å²) in [5.74, 6) is 0.918. The molecule has 0 saturated heterocycles. The van der Waals surface area contributed by atoms with E-state index < -0.39 is 0 Å². The molecule has 2 heteroatoms. The Labute approximate surface area is 88.4 Å². The zero-order valence-electron chi connectivity index (χ0n) is 9.56. The van der Waals surface area contributed by atoms with Gasteiger partial charge in [0.05, 0.1) is 0 Å². The molecular formula is C12H25NO. The van der Waals surface area contributed by atoms with E-state index in [1.807, 2.05) is 0 Å². The Balaban J connectivity index is 1.63. The van der Waals surface area contributed by atoms with E-state index >= 15 is 0 Å². The quantitative estimate of drug-likeness (QED) is 0.546. The van der Waals surface area contributed by atoms with Crippen molar-refractivity contribution in [1.82, 2.24) is 5.32 Å². The van der Waals surface area contributed by atoms with Crippen molar-refractivity contribution in [2.24, 2.45) is 5.92 Å². The van der Waals surface area contributed by atoms with E-state index in [0.717, 1.165) is 25.7 Å². The van der Waals surface area contributed by atoms with Gasteiger partial charge < -0.3 is 10.1 Å². The van der Waals surface area contributed by atoms with Crippen LogP contribution in [-0.4, -0.2) is 26.3 Å². The highest BCUT2D eigenvalue weighted by atomic mass is 16.5. The summed E-state index contributed by atoms with van der Waals surface area (Å²) >= 11 is 0. The molecule has 0 heterocycles. The topological polar surface area (TPSA) is 21.3 Å². The van der Waals surface area contributed by atoms with E-state index in [2.05, 4.69) is 12.2 Å². The lowest BCUT2D eigenvalue weighted by atomic mass is 10.2. The molecule has 1 rings (SSSR count). The summed E-state index contributed by atoms with van der Waals surface area (Å²) in [5, 5.41) is 3.41. The Morgan fingerprint density at radius 1 is 1.14 bits per heavy atom. The maximum atomic E-state index is 5.56. The first-order valence-corrected chi connectivity index (χ1v) is 6.22. The molecule has 0 amide bonds. The van der Waals surface area contributed by atoms with Crippen LogP contribution in [0.15, 0.2) is 0 Å². The van der Waals surface area contributed by atoms with Crippen LogP contribution in [0.5, 0.6) is 0 Å². The second kappa shape index (κ2) is 8.25. The van der Waals surface area contributed by atoms with Crippen LogP contribution in [0.3, 0.4) is 0 Å². The molecule has 0 atom stereocenters. The second-order valence-electron chi connectivity index (χ2n) is 4.33. The van der Waals surface area contributed by atoms with Gasteiger partial charge in [0.1, 0.15) is 0 Å². The fourth-order valence-corrected chi connectivity index (χ4v) is 1.47. The summed E-state index contributed by atoms with van der Waals surface area (Å²) in [7, 11) is 0. The summed E-state index contributed by atoms with van der Waals surface area (Å²) in [6.07, 6.45) is 7.89. The Morgan fingerprint density at radius 2 is 2.00 bits per heavy atom. The minimum absolute atomic E-state index is 0.918. The summed E-state index contributed by atoms with van der Waals surface area (Å²) in [6, 6.07) is 0. The number of unbranched alkanes of at least 4 members (excludes halogenated alkanes) is 2. The van der Waals surface area contributed by atoms with Crippen LogP contribution in [0.1, 0.15) is 45.4 Å². The van der Waals surface area contributed by atoms with Gasteiger partial charge in [-0.05, 0) is 57.5 Å². The first kappa shape index (κ1) is 12.0. The predicted molar refractivity (Wildman–Crippen MR) is 60.6 cm³/mol. The molecule has 0 aromatic heterocycles. The van der Waals surface area contributed by atoms with Crippen LogP contribution < -0.4 is 5.32 Å². The van der Waals surface area contributed by atoms with Crippen molar-refractivity contribution in [1.29, 1.82) is 0 Å². The number of rotatable bonds is 10. The molecule has 1 aliphatic rings. The van der Waals surface area contributed by atoms with E-state index in [-0.39, 0.29) is 0 Å². The Bertz CT molecular complexity index is 123. The highest BCUT2D eigenvalue weighted by Gasteiger charge is 2.20. The van der Waals surface area contributed by atoms with Crippen molar-refractivity contribution in [3.8, 4) is 0 Å². The minimum Gasteiger partial charge on any atom is -0.381 e. The van der Waals surface area contributed by atoms with Crippen molar-refractivity contribution >= 4 is 0 Å². The van der Waals surface area contributed by atoms with E-state index in [9.17, 15) is 0 Å². The first-order chi connectivity index (χ1) is 6.93. The lowest BCUT2D eigenvalue weighted by Crippen LogP contribution is -2.15. The molecule has 14 heavy (non-hydrogen) atoms. The van der Waals surface area contributed by atoms with E-state index in [1.54, 1.807) is 0 Å². The third-order valence-electron chi connectivity index (χ3n) is 2.62. The van der Waals surface area contributed by atoms with Gasteiger partial charge in [0.15, 0.2) is 0 Å². The van der Waals surface area contributed by atoms with Gasteiger partial charge in [0.2, 0.25) is 0 Å². The second-order valence-corrected chi connectivity index (χ2v) is 4.33. The van der Waals surface area contributed by atoms with Crippen molar-refractivity contribution in [3.63, 3.8) is 0 Å². The van der Waals surface area contributed by atoms with Gasteiger partial charge in [0.25, 0.3) is 0 Å². The molecule has 0 aromatic carbocycles. The molecule has 1 aliphatic carbocycles. The van der Waals surface area contributed by atoms with Crippen molar-refractivity contribution < 1.29 is 4.74 Å². The van der Waals surface area contributed by atoms with Gasteiger partial charge in [-0.1, -0.05) is 6.92 Å². The van der Waals surface area contributed by atoms with E-state index in [1.165, 1.54) is 45.1 Å². The highest BCUT2D eigenvalue weighted by Crippen LogP contribution is 2.28. The number of ether oxygens (including phenoxy) is 1. The summed E-state index contributed by atoms with van der Waals surface area (Å²) < 4.78 is 5.56. The molecule has 0 bridgehead atoms. The molecule has 0 unspecified atom stereocenters. The predicted octanol–water partition coefficient (Wildman–Crippen LogP) is 2.58. The third kappa shape index (κ3) is 7.34. The summed E-state index contributed by atoms with van der Waals surface area (Å²) in [4.78, 5) is 0. The van der Waals surface area contributed by atoms with Crippen molar-refractivity contribution in [3.05, 3.63) is 0 Å². The lowest BCUT2D eigenvalue weighted by Gasteiger charge is -2.04. The molecule has 84 valence electrons. The normalized spacial score (nSPS) is 16.1. The Morgan fingerprint density at radius 3 is 2.71 bits per heavy atom. The summed E-state index contributed by atoms with van der Waals surface area (Å²) in [6.45, 7) is 6.55. The van der Waals surface area contributed by atoms with Crippen molar-refractivity contribution in [2.45, 2.75) is 45.4 Å². The largest absolute Gasteiger partial charge is 0.381 e. The van der Waals surface area contributed by atoms with Crippen LogP contribution in [0, 0.1) is 5.92 Å². The number of hydrogen-bond donors (Lipinski definition) is 1. The van der Waals surface area contributed by atoms with Gasteiger partial charge in [-0.2, -0.15) is 0 Å². The molecule has 0 aliphatic heterocycles. The molecule has 0 spiro atoms. The fraction of sp³-hybridized carbons (Fsp3) is 1.00. The third-order valence-corrected chi connectivity index (χ3v) is 2.62. The average Bonchev–Trinajstić information content (AvgIpc) is 2.99. The standard InChI is InChI=1S/C12H25NO/c1-2-8-13-9-4-3-5-10-14-11-12-6-7-12/h12-13H,2-11H2,1H3. The Kier molecular flexibility index (Phi) is 7.06. The smallest absolute Gasteiger partial charge is 0.0494 e. The molecule has 2 nitrogen and oxygen atoms in total. The zero-order chi connectivity index (χ0) is 10.1. The number of hydrogen-bond acceptors (Lipinski definition) is 2. The average molecular weight is 199 g/mol. The monoisotopic (exact) mass is 199 g/mol. The maximum Gasteiger partial charge on any atom is 0.0494 e. The SMILES string of the molecule is CCCNCCCCCOCC1CC1. The molecule has 0 aromatic rings. The van der Waals surface area contributed by atoms with Crippen LogP contribution in [0.25, 0.3) is 0 Å². The molecule has 0 radical (unpaired) electrons. The van der Waals surface area contributed by atoms with E-state index in [4.69, 9.17) is 4.74 Å².